The molecule has 0 aromatic carbocycles. The van der Waals surface area contributed by atoms with Crippen molar-refractivity contribution in [2.75, 3.05) is 26.2 Å². The molecule has 1 atom stereocenters. The van der Waals surface area contributed by atoms with E-state index in [1.807, 2.05) is 4.90 Å². The van der Waals surface area contributed by atoms with Gasteiger partial charge in [-0.15, -0.1) is 36.2 Å². The number of thiophene rings is 1. The third-order valence-corrected chi connectivity index (χ3v) is 6.07. The third-order valence-electron chi connectivity index (χ3n) is 2.74. The average molecular weight is 463 g/mol. The van der Waals surface area contributed by atoms with Gasteiger partial charge in [0.15, 0.2) is 0 Å². The predicted octanol–water partition coefficient (Wildman–Crippen LogP) is 4.33. The van der Waals surface area contributed by atoms with Crippen LogP contribution in [0.1, 0.15) is 10.9 Å². The van der Waals surface area contributed by atoms with Crippen molar-refractivity contribution < 1.29 is 8.78 Å². The highest BCUT2D eigenvalue weighted by Crippen LogP contribution is 2.39. The lowest BCUT2D eigenvalue weighted by molar-refractivity contribution is 0.0200. The zero-order valence-corrected chi connectivity index (χ0v) is 15.4. The molecule has 1 aromatic heterocycles. The molecule has 0 unspecified atom stereocenters. The molecule has 9 heteroatoms. The number of alkyl halides is 2. The fourth-order valence-corrected chi connectivity index (χ4v) is 4.16. The lowest BCUT2D eigenvalue weighted by Gasteiger charge is -2.33. The van der Waals surface area contributed by atoms with Gasteiger partial charge in [-0.1, -0.05) is 0 Å². The summed E-state index contributed by atoms with van der Waals surface area (Å²) in [6.07, 6.45) is -2.36. The van der Waals surface area contributed by atoms with Gasteiger partial charge in [0.1, 0.15) is 6.04 Å². The van der Waals surface area contributed by atoms with Crippen LogP contribution in [0, 0.1) is 0 Å². The first-order valence-electron chi connectivity index (χ1n) is 5.27. The first kappa shape index (κ1) is 20.0. The van der Waals surface area contributed by atoms with E-state index >= 15 is 0 Å². The molecule has 1 aliphatic heterocycles. The van der Waals surface area contributed by atoms with Gasteiger partial charge in [-0.2, -0.15) is 0 Å². The zero-order chi connectivity index (χ0) is 12.4. The summed E-state index contributed by atoms with van der Waals surface area (Å²) in [6.45, 7) is 2.89. The smallest absolute Gasteiger partial charge is 0.258 e. The van der Waals surface area contributed by atoms with Crippen LogP contribution in [0.2, 0.25) is 0 Å². The van der Waals surface area contributed by atoms with Gasteiger partial charge < -0.3 is 5.32 Å². The maximum absolute atomic E-state index is 13.2. The van der Waals surface area contributed by atoms with Crippen LogP contribution < -0.4 is 5.32 Å². The van der Waals surface area contributed by atoms with Crippen LogP contribution in [0.15, 0.2) is 14.3 Å². The quantitative estimate of drug-likeness (QED) is 0.719. The minimum Gasteiger partial charge on any atom is -0.314 e. The molecule has 1 N–H and O–H groups in total. The Morgan fingerprint density at radius 1 is 1.21 bits per heavy atom. The first-order valence-corrected chi connectivity index (χ1v) is 7.67. The summed E-state index contributed by atoms with van der Waals surface area (Å²) in [6, 6.07) is 0.998. The van der Waals surface area contributed by atoms with Crippen molar-refractivity contribution in [3.63, 3.8) is 0 Å². The van der Waals surface area contributed by atoms with E-state index in [0.29, 0.717) is 18.0 Å². The molecule has 1 aliphatic rings. The molecule has 19 heavy (non-hydrogen) atoms. The van der Waals surface area contributed by atoms with Crippen molar-refractivity contribution in [1.82, 2.24) is 10.2 Å². The molecule has 112 valence electrons. The van der Waals surface area contributed by atoms with Crippen molar-refractivity contribution in [3.8, 4) is 0 Å². The largest absolute Gasteiger partial charge is 0.314 e. The van der Waals surface area contributed by atoms with Gasteiger partial charge in [0.25, 0.3) is 6.43 Å². The van der Waals surface area contributed by atoms with Gasteiger partial charge in [0.05, 0.1) is 3.79 Å². The maximum Gasteiger partial charge on any atom is 0.258 e. The maximum atomic E-state index is 13.2. The number of nitrogens with zero attached hydrogens (tertiary/aromatic N) is 1. The van der Waals surface area contributed by atoms with Crippen molar-refractivity contribution in [2.24, 2.45) is 0 Å². The van der Waals surface area contributed by atoms with Crippen LogP contribution in [0.25, 0.3) is 0 Å². The fraction of sp³-hybridized carbons (Fsp3) is 0.600. The van der Waals surface area contributed by atoms with E-state index in [9.17, 15) is 8.78 Å². The zero-order valence-electron chi connectivity index (χ0n) is 9.74. The molecule has 0 radical (unpaired) electrons. The van der Waals surface area contributed by atoms with E-state index in [0.717, 1.165) is 21.3 Å². The molecule has 0 aliphatic carbocycles. The molecule has 1 fully saturated rings. The molecule has 1 saturated heterocycles. The highest BCUT2D eigenvalue weighted by molar-refractivity contribution is 9.13. The second kappa shape index (κ2) is 9.12. The van der Waals surface area contributed by atoms with E-state index in [-0.39, 0.29) is 24.8 Å². The Hall–Kier alpha value is 1.02. The van der Waals surface area contributed by atoms with E-state index in [1.54, 1.807) is 6.07 Å². The van der Waals surface area contributed by atoms with Crippen LogP contribution in [-0.2, 0) is 0 Å². The second-order valence-electron chi connectivity index (χ2n) is 3.84. The van der Waals surface area contributed by atoms with Crippen LogP contribution in [-0.4, -0.2) is 37.5 Å². The number of nitrogens with one attached hydrogen (secondary N) is 1. The Kier molecular flexibility index (Phi) is 9.61. The number of piperazine rings is 1. The normalized spacial score (nSPS) is 17.7. The Morgan fingerprint density at radius 3 is 2.21 bits per heavy atom. The molecule has 0 spiro atoms. The van der Waals surface area contributed by atoms with Crippen molar-refractivity contribution >= 4 is 68.0 Å². The Bertz CT molecular complexity index is 370. The van der Waals surface area contributed by atoms with Gasteiger partial charge in [-0.3, -0.25) is 4.90 Å². The summed E-state index contributed by atoms with van der Waals surface area (Å²) in [5.41, 5.74) is 0. The molecule has 1 aromatic rings. The molecule has 0 bridgehead atoms. The molecular weight excluding hydrogens is 449 g/mol. The Balaban J connectivity index is 0.00000162. The van der Waals surface area contributed by atoms with E-state index in [2.05, 4.69) is 37.2 Å². The number of halogens is 6. The van der Waals surface area contributed by atoms with Gasteiger partial charge in [0, 0.05) is 35.5 Å². The lowest BCUT2D eigenvalue weighted by atomic mass is 10.2. The summed E-state index contributed by atoms with van der Waals surface area (Å²) >= 11 is 8.07. The molecule has 2 rings (SSSR count). The summed E-state index contributed by atoms with van der Waals surface area (Å²) in [5.74, 6) is 0. The summed E-state index contributed by atoms with van der Waals surface area (Å²) < 4.78 is 28.2. The van der Waals surface area contributed by atoms with Crippen LogP contribution in [0.5, 0.6) is 0 Å². The minimum atomic E-state index is -2.36. The fourth-order valence-electron chi connectivity index (χ4n) is 1.93. The van der Waals surface area contributed by atoms with Gasteiger partial charge in [-0.25, -0.2) is 8.78 Å². The van der Waals surface area contributed by atoms with Crippen molar-refractivity contribution in [1.29, 1.82) is 0 Å². The first-order chi connectivity index (χ1) is 8.09. The highest BCUT2D eigenvalue weighted by atomic mass is 79.9. The lowest BCUT2D eigenvalue weighted by Crippen LogP contribution is -2.46. The Labute approximate surface area is 144 Å². The molecular formula is C10H14Br2Cl2F2N2S. The van der Waals surface area contributed by atoms with Crippen molar-refractivity contribution in [3.05, 3.63) is 19.2 Å². The van der Waals surface area contributed by atoms with Gasteiger partial charge >= 0.3 is 0 Å². The average Bonchev–Trinajstić information content (AvgIpc) is 2.60. The van der Waals surface area contributed by atoms with Crippen molar-refractivity contribution in [2.45, 2.75) is 12.5 Å². The Morgan fingerprint density at radius 2 is 1.79 bits per heavy atom. The van der Waals surface area contributed by atoms with Crippen LogP contribution in [0.4, 0.5) is 8.78 Å². The summed E-state index contributed by atoms with van der Waals surface area (Å²) in [4.78, 5) is 2.56. The van der Waals surface area contributed by atoms with E-state index in [4.69, 9.17) is 0 Å². The molecule has 0 amide bonds. The van der Waals surface area contributed by atoms with Gasteiger partial charge in [0.2, 0.25) is 0 Å². The van der Waals surface area contributed by atoms with Crippen LogP contribution >= 0.6 is 68.0 Å². The summed E-state index contributed by atoms with van der Waals surface area (Å²) in [7, 11) is 0. The predicted molar refractivity (Wildman–Crippen MR) is 87.4 cm³/mol. The number of rotatable bonds is 3. The third kappa shape index (κ3) is 5.05. The molecule has 0 saturated carbocycles. The number of hydrogen-bond acceptors (Lipinski definition) is 3. The standard InChI is InChI=1S/C10H12Br2F2N2S.2ClH/c11-6-5-7(17-9(6)12)8(10(13)14)16-3-1-15-2-4-16;;/h5,8,10,15H,1-4H2;2*1H/t8-;;/m0../s1. The SMILES string of the molecule is Cl.Cl.FC(F)[C@H](c1cc(Br)c(Br)s1)N1CCNCC1. The monoisotopic (exact) mass is 460 g/mol. The van der Waals surface area contributed by atoms with Crippen LogP contribution in [0.3, 0.4) is 0 Å². The minimum absolute atomic E-state index is 0. The number of hydrogen-bond donors (Lipinski definition) is 1. The van der Waals surface area contributed by atoms with Gasteiger partial charge in [-0.05, 0) is 37.9 Å². The highest BCUT2D eigenvalue weighted by Gasteiger charge is 2.31. The van der Waals surface area contributed by atoms with E-state index < -0.39 is 12.5 Å². The topological polar surface area (TPSA) is 15.3 Å². The molecule has 2 nitrogen and oxygen atoms in total. The van der Waals surface area contributed by atoms with E-state index in [1.165, 1.54) is 11.3 Å². The molecule has 2 heterocycles. The summed E-state index contributed by atoms with van der Waals surface area (Å²) in [5, 5.41) is 3.17. The second-order valence-corrected chi connectivity index (χ2v) is 7.09.